The van der Waals surface area contributed by atoms with Crippen LogP contribution in [0.25, 0.3) is 0 Å². The summed E-state index contributed by atoms with van der Waals surface area (Å²) in [4.78, 5) is 39.4. The molecule has 43 heavy (non-hydrogen) atoms. The number of carbonyl (C=O) groups is 3. The molecule has 10 nitrogen and oxygen atoms in total. The molecular weight excluding hydrogens is 572 g/mol. The first kappa shape index (κ1) is 34.9. The molecule has 0 radical (unpaired) electrons. The lowest BCUT2D eigenvalue weighted by Gasteiger charge is -2.38. The fourth-order valence-electron chi connectivity index (χ4n) is 6.19. The van der Waals surface area contributed by atoms with E-state index >= 15 is 0 Å². The monoisotopic (exact) mass is 622 g/mol. The number of urea groups is 1. The molecule has 4 atom stereocenters. The number of ether oxygens (including phenoxy) is 2. The van der Waals surface area contributed by atoms with E-state index in [4.69, 9.17) is 16.3 Å². The molecular formula is C32H51ClN4O6. The summed E-state index contributed by atoms with van der Waals surface area (Å²) in [5, 5.41) is 20.4. The Kier molecular flexibility index (Phi) is 15.4. The van der Waals surface area contributed by atoms with E-state index in [1.54, 1.807) is 4.90 Å². The van der Waals surface area contributed by atoms with Gasteiger partial charge in [0.25, 0.3) is 0 Å². The van der Waals surface area contributed by atoms with Crippen LogP contribution in [-0.4, -0.2) is 80.1 Å². The maximum absolute atomic E-state index is 13.7. The lowest BCUT2D eigenvalue weighted by atomic mass is 9.83. The molecule has 1 aliphatic carbocycles. The molecule has 1 aromatic rings. The fourth-order valence-corrected chi connectivity index (χ4v) is 6.39. The summed E-state index contributed by atoms with van der Waals surface area (Å²) in [6, 6.07) is 6.80. The van der Waals surface area contributed by atoms with E-state index in [0.717, 1.165) is 56.9 Å². The Balaban J connectivity index is 1.67. The number of methoxy groups -OCH3 is 1. The third-order valence-electron chi connectivity index (χ3n) is 8.54. The molecule has 4 amide bonds. The second-order valence-corrected chi connectivity index (χ2v) is 12.3. The van der Waals surface area contributed by atoms with Gasteiger partial charge in [-0.25, -0.2) is 9.59 Å². The number of piperidine rings is 1. The Morgan fingerprint density at radius 3 is 2.60 bits per heavy atom. The van der Waals surface area contributed by atoms with Crippen molar-refractivity contribution >= 4 is 29.6 Å². The van der Waals surface area contributed by atoms with E-state index in [1.807, 2.05) is 24.3 Å². The number of likely N-dealkylation sites (tertiary alicyclic amines) is 1. The number of rotatable bonds is 15. The van der Waals surface area contributed by atoms with Crippen molar-refractivity contribution in [2.24, 2.45) is 11.8 Å². The number of alkyl carbamates (subject to hydrolysis) is 1. The molecule has 4 N–H and O–H groups in total. The number of halogens is 1. The van der Waals surface area contributed by atoms with Crippen molar-refractivity contribution in [3.05, 3.63) is 34.9 Å². The first-order valence-corrected chi connectivity index (χ1v) is 16.4. The summed E-state index contributed by atoms with van der Waals surface area (Å²) < 4.78 is 10.9. The second-order valence-electron chi connectivity index (χ2n) is 11.9. The zero-order chi connectivity index (χ0) is 31.0. The first-order valence-electron chi connectivity index (χ1n) is 16.0. The number of amides is 4. The summed E-state index contributed by atoms with van der Waals surface area (Å²) in [5.74, 6) is 0.234. The van der Waals surface area contributed by atoms with Crippen LogP contribution in [0.2, 0.25) is 5.02 Å². The van der Waals surface area contributed by atoms with Crippen LogP contribution in [0.1, 0.15) is 89.2 Å². The number of benzene rings is 1. The molecule has 1 saturated heterocycles. The molecule has 1 aromatic carbocycles. The summed E-state index contributed by atoms with van der Waals surface area (Å²) >= 11 is 6.31. The van der Waals surface area contributed by atoms with Crippen LogP contribution in [0.4, 0.5) is 9.59 Å². The minimum Gasteiger partial charge on any atom is -0.453 e. The smallest absolute Gasteiger partial charge is 0.406 e. The Morgan fingerprint density at radius 1 is 1.09 bits per heavy atom. The molecule has 11 heteroatoms. The predicted octanol–water partition coefficient (Wildman–Crippen LogP) is 5.18. The van der Waals surface area contributed by atoms with Gasteiger partial charge < -0.3 is 35.4 Å². The molecule has 242 valence electrons. The zero-order valence-corrected chi connectivity index (χ0v) is 26.6. The van der Waals surface area contributed by atoms with Gasteiger partial charge in [-0.3, -0.25) is 4.79 Å². The Labute approximate surface area is 261 Å². The molecule has 0 spiro atoms. The highest BCUT2D eigenvalue weighted by atomic mass is 35.5. The van der Waals surface area contributed by atoms with Gasteiger partial charge in [0.2, 0.25) is 5.91 Å². The molecule has 2 aliphatic rings. The van der Waals surface area contributed by atoms with E-state index in [-0.39, 0.29) is 43.5 Å². The number of aliphatic hydroxyl groups is 1. The summed E-state index contributed by atoms with van der Waals surface area (Å²) in [7, 11) is 1.31. The van der Waals surface area contributed by atoms with Crippen LogP contribution >= 0.6 is 11.6 Å². The summed E-state index contributed by atoms with van der Waals surface area (Å²) in [5.41, 5.74) is 0.914. The van der Waals surface area contributed by atoms with Crippen molar-refractivity contribution in [2.45, 2.75) is 95.8 Å². The quantitative estimate of drug-likeness (QED) is 0.200. The second kappa shape index (κ2) is 19.0. The SMILES string of the molecule is CCCCNC(=O)C[C@@H](O)[C@H](CC1CCCCC1)NC(=O)N1CCC[C@@H](C(OCCNC(=O)OC)c2cccc(Cl)c2)C1. The molecule has 2 fully saturated rings. The number of aliphatic hydroxyl groups excluding tert-OH is 1. The van der Waals surface area contributed by atoms with E-state index in [2.05, 4.69) is 27.6 Å². The molecule has 1 heterocycles. The van der Waals surface area contributed by atoms with Crippen LogP contribution in [0.15, 0.2) is 24.3 Å². The Morgan fingerprint density at radius 2 is 1.88 bits per heavy atom. The van der Waals surface area contributed by atoms with Gasteiger partial charge in [-0.05, 0) is 49.3 Å². The highest BCUT2D eigenvalue weighted by Gasteiger charge is 2.34. The summed E-state index contributed by atoms with van der Waals surface area (Å²) in [6.45, 7) is 4.27. The normalized spacial score (nSPS) is 19.6. The lowest BCUT2D eigenvalue weighted by Crippen LogP contribution is -2.53. The van der Waals surface area contributed by atoms with Gasteiger partial charge in [-0.1, -0.05) is 69.2 Å². The average Bonchev–Trinajstić information content (AvgIpc) is 3.01. The van der Waals surface area contributed by atoms with Gasteiger partial charge in [0.05, 0.1) is 38.4 Å². The highest BCUT2D eigenvalue weighted by molar-refractivity contribution is 6.30. The Bertz CT molecular complexity index is 1010. The van der Waals surface area contributed by atoms with Crippen molar-refractivity contribution in [3.63, 3.8) is 0 Å². The van der Waals surface area contributed by atoms with Crippen LogP contribution in [0.3, 0.4) is 0 Å². The van der Waals surface area contributed by atoms with E-state index in [9.17, 15) is 19.5 Å². The third-order valence-corrected chi connectivity index (χ3v) is 8.77. The predicted molar refractivity (Wildman–Crippen MR) is 167 cm³/mol. The van der Waals surface area contributed by atoms with Crippen LogP contribution in [0.5, 0.6) is 0 Å². The van der Waals surface area contributed by atoms with Gasteiger partial charge >= 0.3 is 12.1 Å². The number of hydrogen-bond acceptors (Lipinski definition) is 6. The number of nitrogens with zero attached hydrogens (tertiary/aromatic N) is 1. The molecule has 1 aliphatic heterocycles. The lowest BCUT2D eigenvalue weighted by molar-refractivity contribution is -0.123. The van der Waals surface area contributed by atoms with Crippen LogP contribution in [-0.2, 0) is 14.3 Å². The minimum absolute atomic E-state index is 0.00200. The van der Waals surface area contributed by atoms with Gasteiger partial charge in [-0.2, -0.15) is 0 Å². The maximum atomic E-state index is 13.7. The van der Waals surface area contributed by atoms with E-state index in [1.165, 1.54) is 13.5 Å². The van der Waals surface area contributed by atoms with E-state index < -0.39 is 18.2 Å². The standard InChI is InChI=1S/C32H51ClN4O6/c1-3-4-15-34-29(39)21-28(38)27(19-23-10-6-5-7-11-23)36-31(40)37-17-9-13-25(22-37)30(24-12-8-14-26(33)20-24)43-18-16-35-32(41)42-2/h8,12,14,20,23,25,27-28,30,38H,3-7,9-11,13,15-19,21-22H2,1-2H3,(H,34,39)(H,35,41)(H,36,40)/t25-,27+,28-,30?/m1/s1. The highest BCUT2D eigenvalue weighted by Crippen LogP contribution is 2.34. The number of carbonyl (C=O) groups excluding carboxylic acids is 3. The molecule has 0 bridgehead atoms. The number of unbranched alkanes of at least 4 members (excludes halogenated alkanes) is 1. The van der Waals surface area contributed by atoms with Crippen molar-refractivity contribution in [1.29, 1.82) is 0 Å². The molecule has 0 aromatic heterocycles. The van der Waals surface area contributed by atoms with Crippen molar-refractivity contribution in [2.75, 3.05) is 39.9 Å². The minimum atomic E-state index is -0.960. The largest absolute Gasteiger partial charge is 0.453 e. The number of hydrogen-bond donors (Lipinski definition) is 4. The van der Waals surface area contributed by atoms with Crippen molar-refractivity contribution in [1.82, 2.24) is 20.9 Å². The van der Waals surface area contributed by atoms with Crippen LogP contribution in [0, 0.1) is 11.8 Å². The average molecular weight is 623 g/mol. The van der Waals surface area contributed by atoms with E-state index in [0.29, 0.717) is 37.0 Å². The summed E-state index contributed by atoms with van der Waals surface area (Å²) in [6.07, 6.45) is 8.05. The van der Waals surface area contributed by atoms with Crippen LogP contribution < -0.4 is 16.0 Å². The molecule has 1 unspecified atom stereocenters. The van der Waals surface area contributed by atoms with Crippen molar-refractivity contribution in [3.8, 4) is 0 Å². The van der Waals surface area contributed by atoms with Gasteiger partial charge in [0.1, 0.15) is 0 Å². The maximum Gasteiger partial charge on any atom is 0.406 e. The van der Waals surface area contributed by atoms with Gasteiger partial charge in [0, 0.05) is 37.1 Å². The van der Waals surface area contributed by atoms with Gasteiger partial charge in [0.15, 0.2) is 0 Å². The molecule has 1 saturated carbocycles. The zero-order valence-electron chi connectivity index (χ0n) is 25.8. The first-order chi connectivity index (χ1) is 20.8. The van der Waals surface area contributed by atoms with Gasteiger partial charge in [-0.15, -0.1) is 0 Å². The third kappa shape index (κ3) is 12.2. The van der Waals surface area contributed by atoms with Crippen molar-refractivity contribution < 1.29 is 29.0 Å². The Hall–Kier alpha value is -2.56. The fraction of sp³-hybridized carbons (Fsp3) is 0.719. The molecule has 3 rings (SSSR count). The number of nitrogens with one attached hydrogen (secondary N) is 3. The topological polar surface area (TPSA) is 129 Å².